The van der Waals surface area contributed by atoms with E-state index in [0.29, 0.717) is 28.3 Å². The van der Waals surface area contributed by atoms with Gasteiger partial charge in [-0.2, -0.15) is 16.4 Å². The van der Waals surface area contributed by atoms with Gasteiger partial charge in [0.25, 0.3) is 5.91 Å². The van der Waals surface area contributed by atoms with Gasteiger partial charge in [0.1, 0.15) is 23.0 Å². The van der Waals surface area contributed by atoms with Crippen LogP contribution in [0.4, 0.5) is 0 Å². The summed E-state index contributed by atoms with van der Waals surface area (Å²) in [7, 11) is -2.37. The summed E-state index contributed by atoms with van der Waals surface area (Å²) in [5.41, 5.74) is 0.760. The number of hydrogen-bond acceptors (Lipinski definition) is 8. The minimum atomic E-state index is -3.75. The van der Waals surface area contributed by atoms with Crippen molar-refractivity contribution in [2.45, 2.75) is 43.1 Å². The number of likely N-dealkylation sites (N-methyl/N-ethyl adjacent to an activating group) is 1. The lowest BCUT2D eigenvalue weighted by molar-refractivity contribution is -0.108. The Labute approximate surface area is 212 Å². The van der Waals surface area contributed by atoms with Gasteiger partial charge in [-0.1, -0.05) is 0 Å². The topological polar surface area (TPSA) is 100.0 Å². The number of methoxy groups -OCH3 is 1. The highest BCUT2D eigenvalue weighted by molar-refractivity contribution is 7.92. The van der Waals surface area contributed by atoms with Crippen LogP contribution >= 0.6 is 11.3 Å². The summed E-state index contributed by atoms with van der Waals surface area (Å²) in [6.07, 6.45) is 0. The molecule has 2 aromatic heterocycles. The van der Waals surface area contributed by atoms with Crippen molar-refractivity contribution in [2.24, 2.45) is 0 Å². The number of hydrogen-bond donors (Lipinski definition) is 0. The second kappa shape index (κ2) is 8.35. The Kier molecular flexibility index (Phi) is 4.85. The number of ether oxygens (including phenoxy) is 3. The molecule has 1 saturated heterocycles. The molecule has 0 atom stereocenters. The van der Waals surface area contributed by atoms with Crippen molar-refractivity contribution in [1.82, 2.24) is 14.7 Å². The van der Waals surface area contributed by atoms with Gasteiger partial charge in [-0.3, -0.25) is 4.79 Å². The van der Waals surface area contributed by atoms with E-state index in [1.165, 1.54) is 35.3 Å². The van der Waals surface area contributed by atoms with Crippen molar-refractivity contribution in [2.75, 3.05) is 27.3 Å². The van der Waals surface area contributed by atoms with Crippen molar-refractivity contribution < 1.29 is 31.5 Å². The number of carbonyl (C=O) groups excluding carboxylic acids is 1. The third-order valence-corrected chi connectivity index (χ3v) is 9.17. The molecular weight excluding hydrogens is 490 g/mol. The third-order valence-electron chi connectivity index (χ3n) is 6.33. The van der Waals surface area contributed by atoms with E-state index in [1.807, 2.05) is 10.8 Å². The zero-order valence-corrected chi connectivity index (χ0v) is 21.3. The Morgan fingerprint density at radius 2 is 2.14 bits per heavy atom. The van der Waals surface area contributed by atoms with Gasteiger partial charge in [-0.05, 0) is 38.3 Å². The van der Waals surface area contributed by atoms with Crippen LogP contribution in [0.5, 0.6) is 11.5 Å². The number of carbonyl (C=O) groups is 1. The summed E-state index contributed by atoms with van der Waals surface area (Å²) in [6, 6.07) is 4.80. The molecule has 5 rings (SSSR count). The maximum atomic E-state index is 13.9. The molecule has 2 aliphatic rings. The number of fused-ring (bicyclic) bond motifs is 3. The van der Waals surface area contributed by atoms with Crippen LogP contribution in [0.1, 0.15) is 40.9 Å². The van der Waals surface area contributed by atoms with Gasteiger partial charge in [0.2, 0.25) is 0 Å². The Balaban J connectivity index is 1.76. The molecule has 0 saturated carbocycles. The molecule has 2 aliphatic heterocycles. The number of amides is 1. The van der Waals surface area contributed by atoms with E-state index in [9.17, 15) is 13.2 Å². The molecule has 3 aromatic rings. The number of sulfone groups is 1. The van der Waals surface area contributed by atoms with Gasteiger partial charge < -0.3 is 19.1 Å². The lowest BCUT2D eigenvalue weighted by Gasteiger charge is -2.45. The molecule has 0 aliphatic carbocycles. The number of nitrogens with zero attached hydrogens (tertiary/aromatic N) is 3. The van der Waals surface area contributed by atoms with Crippen LogP contribution in [0.2, 0.25) is 0 Å². The van der Waals surface area contributed by atoms with Crippen molar-refractivity contribution in [3.05, 3.63) is 40.2 Å². The smallest absolute Gasteiger partial charge is 0.275 e. The Morgan fingerprint density at radius 3 is 2.71 bits per heavy atom. The average molecular weight is 521 g/mol. The maximum Gasteiger partial charge on any atom is 0.275 e. The summed E-state index contributed by atoms with van der Waals surface area (Å²) in [6.45, 7) is 2.17. The standard InChI is InChI=1S/C24H27N3O6S2/c1-14(2)35(29,30)20-8-16-18(9-19(20)31-5)33-10-17-21(23(28)26(4)24(3)12-32-13-24)25-27(22(16)17)15-6-7-34-11-15/h6-9,11,14H,10,12-13H2,1-5H3/i4D3. The monoisotopic (exact) mass is 520 g/mol. The van der Waals surface area contributed by atoms with Crippen LogP contribution < -0.4 is 9.47 Å². The van der Waals surface area contributed by atoms with Crippen LogP contribution in [0.25, 0.3) is 16.9 Å². The summed E-state index contributed by atoms with van der Waals surface area (Å²) in [5.74, 6) is -0.277. The predicted octanol–water partition coefficient (Wildman–Crippen LogP) is 3.54. The molecule has 9 nitrogen and oxygen atoms in total. The fourth-order valence-electron chi connectivity index (χ4n) is 4.11. The van der Waals surface area contributed by atoms with Gasteiger partial charge >= 0.3 is 0 Å². The molecule has 1 fully saturated rings. The van der Waals surface area contributed by atoms with Crippen molar-refractivity contribution in [3.63, 3.8) is 0 Å². The Morgan fingerprint density at radius 1 is 1.37 bits per heavy atom. The summed E-state index contributed by atoms with van der Waals surface area (Å²) < 4.78 is 68.8. The van der Waals surface area contributed by atoms with Gasteiger partial charge in [-0.15, -0.1) is 0 Å². The molecule has 35 heavy (non-hydrogen) atoms. The van der Waals surface area contributed by atoms with E-state index < -0.39 is 33.5 Å². The minimum Gasteiger partial charge on any atom is -0.495 e. The molecule has 0 spiro atoms. The largest absolute Gasteiger partial charge is 0.495 e. The zero-order valence-electron chi connectivity index (χ0n) is 22.7. The first-order chi connectivity index (χ1) is 17.8. The molecule has 186 valence electrons. The molecule has 0 bridgehead atoms. The van der Waals surface area contributed by atoms with Crippen molar-refractivity contribution >= 4 is 27.1 Å². The van der Waals surface area contributed by atoms with Crippen LogP contribution in [0.15, 0.2) is 33.9 Å². The highest BCUT2D eigenvalue weighted by atomic mass is 32.2. The maximum absolute atomic E-state index is 13.9. The van der Waals surface area contributed by atoms with Gasteiger partial charge in [0, 0.05) is 33.7 Å². The fourth-order valence-corrected chi connectivity index (χ4v) is 5.94. The average Bonchev–Trinajstić information content (AvgIpc) is 3.49. The van der Waals surface area contributed by atoms with E-state index in [1.54, 1.807) is 26.8 Å². The molecule has 11 heteroatoms. The highest BCUT2D eigenvalue weighted by Gasteiger charge is 2.43. The summed E-state index contributed by atoms with van der Waals surface area (Å²) >= 11 is 1.42. The predicted molar refractivity (Wildman–Crippen MR) is 131 cm³/mol. The summed E-state index contributed by atoms with van der Waals surface area (Å²) in [4.78, 5) is 14.7. The molecule has 4 heterocycles. The molecular formula is C24H27N3O6S2. The number of benzene rings is 1. The van der Waals surface area contributed by atoms with Gasteiger partial charge in [0.05, 0.1) is 42.5 Å². The van der Waals surface area contributed by atoms with Crippen LogP contribution in [-0.2, 0) is 21.2 Å². The Hall–Kier alpha value is -2.89. The van der Waals surface area contributed by atoms with Crippen molar-refractivity contribution in [3.8, 4) is 28.4 Å². The first-order valence-electron chi connectivity index (χ1n) is 12.5. The second-order valence-electron chi connectivity index (χ2n) is 9.08. The lowest BCUT2D eigenvalue weighted by Crippen LogP contribution is -2.60. The van der Waals surface area contributed by atoms with E-state index in [0.717, 1.165) is 4.90 Å². The van der Waals surface area contributed by atoms with E-state index >= 15 is 0 Å². The molecule has 0 N–H and O–H groups in total. The second-order valence-corrected chi connectivity index (χ2v) is 12.3. The van der Waals surface area contributed by atoms with Crippen LogP contribution in [0, 0.1) is 0 Å². The highest BCUT2D eigenvalue weighted by Crippen LogP contribution is 2.45. The Bertz CT molecular complexity index is 1510. The quantitative estimate of drug-likeness (QED) is 0.490. The SMILES string of the molecule is [2H]C([2H])([2H])N(C(=O)c1nn(-c2ccsc2)c2c1COc1cc(OC)c(S(=O)(=O)C(C)C)cc1-2)C1(C)COC1. The minimum absolute atomic E-state index is 0.0145. The van der Waals surface area contributed by atoms with Crippen molar-refractivity contribution in [1.29, 1.82) is 0 Å². The normalized spacial score (nSPS) is 17.8. The van der Waals surface area contributed by atoms with E-state index in [2.05, 4.69) is 5.10 Å². The van der Waals surface area contributed by atoms with Gasteiger partial charge in [-0.25, -0.2) is 13.1 Å². The first kappa shape index (κ1) is 20.3. The number of thiophene rings is 1. The summed E-state index contributed by atoms with van der Waals surface area (Å²) in [5, 5.41) is 7.55. The van der Waals surface area contributed by atoms with Crippen LogP contribution in [-0.4, -0.2) is 67.1 Å². The fraction of sp³-hybridized carbons (Fsp3) is 0.417. The number of aromatic nitrogens is 2. The first-order valence-corrected chi connectivity index (χ1v) is 13.4. The molecule has 1 amide bonds. The molecule has 0 unspecified atom stereocenters. The number of rotatable bonds is 6. The zero-order chi connectivity index (χ0) is 27.6. The third kappa shape index (κ3) is 3.64. The lowest BCUT2D eigenvalue weighted by atomic mass is 9.97. The molecule has 0 radical (unpaired) electrons. The van der Waals surface area contributed by atoms with Gasteiger partial charge in [0.15, 0.2) is 15.5 Å². The molecule has 1 aromatic carbocycles. The van der Waals surface area contributed by atoms with Crippen LogP contribution in [0.3, 0.4) is 0 Å². The van der Waals surface area contributed by atoms with E-state index in [-0.39, 0.29) is 36.2 Å². The van der Waals surface area contributed by atoms with E-state index in [4.69, 9.17) is 18.3 Å².